The van der Waals surface area contributed by atoms with Gasteiger partial charge in [0.25, 0.3) is 0 Å². The molecule has 1 N–H and O–H groups in total. The quantitative estimate of drug-likeness (QED) is 0.379. The van der Waals surface area contributed by atoms with Crippen molar-refractivity contribution in [2.24, 2.45) is 0 Å². The highest BCUT2D eigenvalue weighted by Gasteiger charge is 2.30. The summed E-state index contributed by atoms with van der Waals surface area (Å²) in [6.45, 7) is 2.39. The van der Waals surface area contributed by atoms with Crippen molar-refractivity contribution in [3.8, 4) is 0 Å². The van der Waals surface area contributed by atoms with Crippen LogP contribution >= 0.6 is 0 Å². The third-order valence-corrected chi connectivity index (χ3v) is 7.39. The number of rotatable bonds is 10. The van der Waals surface area contributed by atoms with Crippen molar-refractivity contribution >= 4 is 11.8 Å². The Morgan fingerprint density at radius 3 is 1.89 bits per heavy atom. The molecule has 1 aliphatic rings. The van der Waals surface area contributed by atoms with E-state index in [0.29, 0.717) is 13.0 Å². The average molecular weight is 483 g/mol. The molecule has 0 radical (unpaired) electrons. The third kappa shape index (κ3) is 7.07. The zero-order chi connectivity index (χ0) is 25.2. The molecule has 188 valence electrons. The van der Waals surface area contributed by atoms with Crippen LogP contribution in [-0.4, -0.2) is 35.3 Å². The molecule has 1 unspecified atom stereocenters. The minimum atomic E-state index is -0.518. The van der Waals surface area contributed by atoms with Crippen LogP contribution in [0.25, 0.3) is 0 Å². The van der Waals surface area contributed by atoms with Crippen molar-refractivity contribution in [2.45, 2.75) is 69.9 Å². The summed E-state index contributed by atoms with van der Waals surface area (Å²) in [5.74, 6) is -0.0954. The topological polar surface area (TPSA) is 49.4 Å². The van der Waals surface area contributed by atoms with Crippen LogP contribution in [0.5, 0.6) is 0 Å². The van der Waals surface area contributed by atoms with E-state index in [1.54, 1.807) is 4.90 Å². The van der Waals surface area contributed by atoms with E-state index in [2.05, 4.69) is 41.7 Å². The maximum absolute atomic E-state index is 13.9. The van der Waals surface area contributed by atoms with E-state index in [0.717, 1.165) is 48.8 Å². The first-order valence-corrected chi connectivity index (χ1v) is 13.4. The predicted molar refractivity (Wildman–Crippen MR) is 146 cm³/mol. The molecule has 3 aromatic carbocycles. The molecule has 1 fully saturated rings. The van der Waals surface area contributed by atoms with E-state index in [4.69, 9.17) is 0 Å². The Hall–Kier alpha value is -3.40. The summed E-state index contributed by atoms with van der Waals surface area (Å²) >= 11 is 0. The molecule has 4 heteroatoms. The van der Waals surface area contributed by atoms with E-state index in [9.17, 15) is 9.59 Å². The summed E-state index contributed by atoms with van der Waals surface area (Å²) < 4.78 is 0. The summed E-state index contributed by atoms with van der Waals surface area (Å²) in [7, 11) is 0. The lowest BCUT2D eigenvalue weighted by molar-refractivity contribution is -0.140. The van der Waals surface area contributed by atoms with Gasteiger partial charge in [-0.15, -0.1) is 0 Å². The summed E-state index contributed by atoms with van der Waals surface area (Å²) in [6, 6.07) is 30.3. The Labute approximate surface area is 215 Å². The third-order valence-electron chi connectivity index (χ3n) is 7.39. The van der Waals surface area contributed by atoms with Gasteiger partial charge in [0, 0.05) is 24.9 Å². The van der Waals surface area contributed by atoms with Crippen molar-refractivity contribution in [3.05, 3.63) is 108 Å². The molecule has 0 spiro atoms. The Morgan fingerprint density at radius 1 is 0.806 bits per heavy atom. The molecule has 2 amide bonds. The first kappa shape index (κ1) is 25.7. The fourth-order valence-electron chi connectivity index (χ4n) is 5.23. The maximum Gasteiger partial charge on any atom is 0.242 e. The minimum Gasteiger partial charge on any atom is -0.352 e. The fourth-order valence-corrected chi connectivity index (χ4v) is 5.23. The highest BCUT2D eigenvalue weighted by Crippen LogP contribution is 2.29. The van der Waals surface area contributed by atoms with E-state index >= 15 is 0 Å². The lowest BCUT2D eigenvalue weighted by atomic mass is 9.88. The Balaban J connectivity index is 1.54. The Morgan fingerprint density at radius 2 is 1.33 bits per heavy atom. The SMILES string of the molecule is CC(C(=O)NC1CCCCC1)N(CCc1ccccc1)C(=O)CC(c1ccccc1)c1ccccc1. The standard InChI is InChI=1S/C32H38N2O2/c1-25(32(36)33-29-20-12-5-13-21-29)34(23-22-26-14-6-2-7-15-26)31(35)24-30(27-16-8-3-9-17-27)28-18-10-4-11-19-28/h2-4,6-11,14-19,25,29-30H,5,12-13,20-24H2,1H3,(H,33,36). The molecule has 0 heterocycles. The predicted octanol–water partition coefficient (Wildman–Crippen LogP) is 6.12. The fraction of sp³-hybridized carbons (Fsp3) is 0.375. The van der Waals surface area contributed by atoms with Crippen LogP contribution in [0.1, 0.15) is 68.1 Å². The van der Waals surface area contributed by atoms with Gasteiger partial charge in [0.2, 0.25) is 11.8 Å². The van der Waals surface area contributed by atoms with Crippen LogP contribution in [0.4, 0.5) is 0 Å². The van der Waals surface area contributed by atoms with E-state index in [1.165, 1.54) is 6.42 Å². The van der Waals surface area contributed by atoms with Gasteiger partial charge >= 0.3 is 0 Å². The van der Waals surface area contributed by atoms with E-state index in [-0.39, 0.29) is 23.8 Å². The summed E-state index contributed by atoms with van der Waals surface area (Å²) in [5.41, 5.74) is 3.39. The normalized spacial score (nSPS) is 14.8. The molecule has 3 aromatic rings. The van der Waals surface area contributed by atoms with Gasteiger partial charge in [-0.3, -0.25) is 9.59 Å². The molecule has 0 aliphatic heterocycles. The second-order valence-corrected chi connectivity index (χ2v) is 9.92. The number of hydrogen-bond donors (Lipinski definition) is 1. The van der Waals surface area contributed by atoms with Crippen molar-refractivity contribution < 1.29 is 9.59 Å². The van der Waals surface area contributed by atoms with Crippen LogP contribution in [0.15, 0.2) is 91.0 Å². The van der Waals surface area contributed by atoms with Gasteiger partial charge in [0.05, 0.1) is 0 Å². The zero-order valence-corrected chi connectivity index (χ0v) is 21.3. The summed E-state index contributed by atoms with van der Waals surface area (Å²) in [5, 5.41) is 3.24. The lowest BCUT2D eigenvalue weighted by Gasteiger charge is -2.32. The van der Waals surface area contributed by atoms with Gasteiger partial charge < -0.3 is 10.2 Å². The van der Waals surface area contributed by atoms with Crippen LogP contribution in [0, 0.1) is 0 Å². The Bertz CT molecular complexity index is 1040. The summed E-state index contributed by atoms with van der Waals surface area (Å²) in [4.78, 5) is 29.0. The van der Waals surface area contributed by atoms with Crippen LogP contribution in [-0.2, 0) is 16.0 Å². The number of nitrogens with one attached hydrogen (secondary N) is 1. The average Bonchev–Trinajstić information content (AvgIpc) is 2.93. The van der Waals surface area contributed by atoms with E-state index < -0.39 is 6.04 Å². The second kappa shape index (κ2) is 13.1. The summed E-state index contributed by atoms with van der Waals surface area (Å²) in [6.07, 6.45) is 6.65. The number of nitrogens with zero attached hydrogens (tertiary/aromatic N) is 1. The smallest absolute Gasteiger partial charge is 0.242 e. The van der Waals surface area contributed by atoms with Gasteiger partial charge in [-0.1, -0.05) is 110 Å². The highest BCUT2D eigenvalue weighted by atomic mass is 16.2. The van der Waals surface area contributed by atoms with Crippen LogP contribution in [0.2, 0.25) is 0 Å². The van der Waals surface area contributed by atoms with E-state index in [1.807, 2.05) is 61.5 Å². The van der Waals surface area contributed by atoms with Crippen molar-refractivity contribution in [3.63, 3.8) is 0 Å². The zero-order valence-electron chi connectivity index (χ0n) is 21.3. The molecule has 4 nitrogen and oxygen atoms in total. The van der Waals surface area contributed by atoms with Crippen LogP contribution in [0.3, 0.4) is 0 Å². The van der Waals surface area contributed by atoms with Crippen LogP contribution < -0.4 is 5.32 Å². The van der Waals surface area contributed by atoms with Gasteiger partial charge in [-0.05, 0) is 42.9 Å². The first-order chi connectivity index (χ1) is 17.6. The van der Waals surface area contributed by atoms with Gasteiger partial charge in [0.1, 0.15) is 6.04 Å². The number of amides is 2. The maximum atomic E-state index is 13.9. The Kier molecular flexibility index (Phi) is 9.32. The molecule has 1 aliphatic carbocycles. The van der Waals surface area contributed by atoms with Crippen molar-refractivity contribution in [2.75, 3.05) is 6.54 Å². The molecule has 0 bridgehead atoms. The molecule has 1 saturated carbocycles. The van der Waals surface area contributed by atoms with Gasteiger partial charge in [0.15, 0.2) is 0 Å². The van der Waals surface area contributed by atoms with Crippen molar-refractivity contribution in [1.29, 1.82) is 0 Å². The molecule has 0 saturated heterocycles. The van der Waals surface area contributed by atoms with Crippen molar-refractivity contribution in [1.82, 2.24) is 10.2 Å². The highest BCUT2D eigenvalue weighted by molar-refractivity contribution is 5.88. The monoisotopic (exact) mass is 482 g/mol. The molecule has 0 aromatic heterocycles. The second-order valence-electron chi connectivity index (χ2n) is 9.92. The molecular formula is C32H38N2O2. The minimum absolute atomic E-state index is 0.00920. The van der Waals surface area contributed by atoms with Gasteiger partial charge in [-0.2, -0.15) is 0 Å². The molecular weight excluding hydrogens is 444 g/mol. The molecule has 36 heavy (non-hydrogen) atoms. The number of carbonyl (C=O) groups is 2. The first-order valence-electron chi connectivity index (χ1n) is 13.4. The molecule has 4 rings (SSSR count). The lowest BCUT2D eigenvalue weighted by Crippen LogP contribution is -2.51. The number of carbonyl (C=O) groups excluding carboxylic acids is 2. The number of hydrogen-bond acceptors (Lipinski definition) is 2. The number of benzene rings is 3. The largest absolute Gasteiger partial charge is 0.352 e. The molecule has 1 atom stereocenters. The van der Waals surface area contributed by atoms with Gasteiger partial charge in [-0.25, -0.2) is 0 Å².